The number of hydrogen-bond acceptors (Lipinski definition) is 5. The highest BCUT2D eigenvalue weighted by Gasteiger charge is 2.40. The number of H-pyrrole nitrogens is 1. The second-order valence-corrected chi connectivity index (χ2v) is 6.66. The molecule has 1 saturated heterocycles. The van der Waals surface area contributed by atoms with Crippen molar-refractivity contribution in [3.63, 3.8) is 0 Å². The summed E-state index contributed by atoms with van der Waals surface area (Å²) in [6.45, 7) is 1.69. The van der Waals surface area contributed by atoms with Crippen LogP contribution in [0.5, 0.6) is 5.75 Å². The van der Waals surface area contributed by atoms with E-state index < -0.39 is 17.3 Å². The van der Waals surface area contributed by atoms with Crippen LogP contribution in [0, 0.1) is 0 Å². The third-order valence-corrected chi connectivity index (χ3v) is 4.81. The molecule has 0 spiro atoms. The number of hydrogen-bond donors (Lipinski definition) is 1. The van der Waals surface area contributed by atoms with E-state index in [0.29, 0.717) is 12.4 Å². The molecule has 0 aliphatic carbocycles. The lowest BCUT2D eigenvalue weighted by molar-refractivity contribution is -0.138. The molecule has 1 aromatic carbocycles. The zero-order valence-electron chi connectivity index (χ0n) is 14.4. The van der Waals surface area contributed by atoms with Gasteiger partial charge in [-0.3, -0.25) is 4.79 Å². The van der Waals surface area contributed by atoms with Crippen LogP contribution in [-0.2, 0) is 24.0 Å². The number of ether oxygens (including phenoxy) is 2. The lowest BCUT2D eigenvalue weighted by Gasteiger charge is -2.24. The predicted octanol–water partition coefficient (Wildman–Crippen LogP) is 2.87. The molecule has 27 heavy (non-hydrogen) atoms. The minimum Gasteiger partial charge on any atom is -0.488 e. The second-order valence-electron chi connectivity index (χ2n) is 6.66. The third kappa shape index (κ3) is 3.51. The summed E-state index contributed by atoms with van der Waals surface area (Å²) in [6, 6.07) is 5.49. The molecule has 0 amide bonds. The van der Waals surface area contributed by atoms with Crippen LogP contribution in [0.15, 0.2) is 29.2 Å². The lowest BCUT2D eigenvalue weighted by Crippen LogP contribution is -2.29. The molecule has 0 saturated carbocycles. The van der Waals surface area contributed by atoms with Gasteiger partial charge in [0.1, 0.15) is 17.4 Å². The molecule has 1 atom stereocenters. The van der Waals surface area contributed by atoms with E-state index in [1.54, 1.807) is 0 Å². The van der Waals surface area contributed by atoms with Crippen molar-refractivity contribution in [1.29, 1.82) is 0 Å². The first-order chi connectivity index (χ1) is 12.9. The summed E-state index contributed by atoms with van der Waals surface area (Å²) in [4.78, 5) is 13.2. The van der Waals surface area contributed by atoms with Crippen molar-refractivity contribution in [2.45, 2.75) is 38.2 Å². The van der Waals surface area contributed by atoms with Crippen molar-refractivity contribution in [2.24, 2.45) is 0 Å². The van der Waals surface area contributed by atoms with E-state index in [1.165, 1.54) is 4.90 Å². The van der Waals surface area contributed by atoms with Crippen LogP contribution >= 0.6 is 0 Å². The minimum absolute atomic E-state index is 0.0636. The molecule has 3 heterocycles. The van der Waals surface area contributed by atoms with Crippen LogP contribution in [-0.4, -0.2) is 29.5 Å². The zero-order valence-corrected chi connectivity index (χ0v) is 14.4. The Labute approximate surface area is 152 Å². The monoisotopic (exact) mass is 381 g/mol. The van der Waals surface area contributed by atoms with Gasteiger partial charge in [0.05, 0.1) is 18.5 Å². The van der Waals surface area contributed by atoms with Gasteiger partial charge in [0, 0.05) is 25.3 Å². The maximum absolute atomic E-state index is 13.4. The van der Waals surface area contributed by atoms with E-state index >= 15 is 0 Å². The van der Waals surface area contributed by atoms with E-state index in [-0.39, 0.29) is 24.9 Å². The van der Waals surface area contributed by atoms with Crippen LogP contribution in [0.3, 0.4) is 0 Å². The van der Waals surface area contributed by atoms with Gasteiger partial charge in [-0.15, -0.1) is 0 Å². The molecule has 144 valence electrons. The molecule has 1 unspecified atom stereocenters. The number of aromatic amines is 1. The molecule has 2 aromatic rings. The number of benzene rings is 1. The summed E-state index contributed by atoms with van der Waals surface area (Å²) in [5, 5.41) is 5.42. The predicted molar refractivity (Wildman–Crippen MR) is 90.7 cm³/mol. The van der Waals surface area contributed by atoms with Gasteiger partial charge in [-0.25, -0.2) is 5.10 Å². The number of nitrogens with one attached hydrogen (secondary N) is 1. The largest absolute Gasteiger partial charge is 0.488 e. The highest BCUT2D eigenvalue weighted by atomic mass is 19.4. The fourth-order valence-electron chi connectivity index (χ4n) is 3.56. The average molecular weight is 381 g/mol. The third-order valence-electron chi connectivity index (χ3n) is 4.81. The van der Waals surface area contributed by atoms with Crippen LogP contribution in [0.2, 0.25) is 0 Å². The van der Waals surface area contributed by atoms with E-state index in [0.717, 1.165) is 36.8 Å². The van der Waals surface area contributed by atoms with E-state index in [4.69, 9.17) is 9.47 Å². The molecule has 0 bridgehead atoms. The first-order valence-corrected chi connectivity index (χ1v) is 8.68. The quantitative estimate of drug-likeness (QED) is 0.886. The summed E-state index contributed by atoms with van der Waals surface area (Å²) in [5.74, 6) is 0.650. The first-order valence-electron chi connectivity index (χ1n) is 8.68. The maximum Gasteiger partial charge on any atom is 0.423 e. The number of alkyl halides is 3. The van der Waals surface area contributed by atoms with Crippen molar-refractivity contribution >= 4 is 5.69 Å². The Balaban J connectivity index is 1.63. The smallest absolute Gasteiger partial charge is 0.423 e. The van der Waals surface area contributed by atoms with Crippen molar-refractivity contribution in [3.8, 4) is 5.75 Å². The Morgan fingerprint density at radius 1 is 1.30 bits per heavy atom. The van der Waals surface area contributed by atoms with Gasteiger partial charge in [0.25, 0.3) is 5.56 Å². The molecule has 4 rings (SSSR count). The Morgan fingerprint density at radius 2 is 2.15 bits per heavy atom. The molecule has 6 nitrogen and oxygen atoms in total. The van der Waals surface area contributed by atoms with Gasteiger partial charge in [-0.05, 0) is 24.5 Å². The number of aromatic nitrogens is 2. The van der Waals surface area contributed by atoms with Gasteiger partial charge < -0.3 is 14.4 Å². The van der Waals surface area contributed by atoms with Gasteiger partial charge in [-0.1, -0.05) is 12.1 Å². The van der Waals surface area contributed by atoms with Gasteiger partial charge in [0.2, 0.25) is 0 Å². The number of nitrogens with zero attached hydrogens (tertiary/aromatic N) is 2. The highest BCUT2D eigenvalue weighted by Crippen LogP contribution is 2.39. The van der Waals surface area contributed by atoms with Crippen molar-refractivity contribution in [2.75, 3.05) is 18.1 Å². The number of fused-ring (bicyclic) bond motifs is 1. The summed E-state index contributed by atoms with van der Waals surface area (Å²) in [7, 11) is 0. The minimum atomic E-state index is -4.76. The first kappa shape index (κ1) is 17.8. The Hall–Kier alpha value is -2.55. The highest BCUT2D eigenvalue weighted by molar-refractivity contribution is 5.58. The molecule has 0 radical (unpaired) electrons. The standard InChI is InChI=1S/C18H18F3N3O3/c19-18(20,21)16-14(7-22-23-17(16)25)24-8-11-3-1-5-15(13(11)9-24)27-12-4-2-6-26-10-12/h1,3,5,7,12H,2,4,6,8-10H2,(H,23,25). The fourth-order valence-corrected chi connectivity index (χ4v) is 3.56. The summed E-state index contributed by atoms with van der Waals surface area (Å²) < 4.78 is 51.6. The molecule has 2 aliphatic heterocycles. The van der Waals surface area contributed by atoms with Gasteiger partial charge >= 0.3 is 6.18 Å². The Kier molecular flexibility index (Phi) is 4.55. The lowest BCUT2D eigenvalue weighted by atomic mass is 10.1. The van der Waals surface area contributed by atoms with Gasteiger partial charge in [-0.2, -0.15) is 18.3 Å². The molecular weight excluding hydrogens is 363 g/mol. The Bertz CT molecular complexity index is 891. The number of halogens is 3. The number of anilines is 1. The van der Waals surface area contributed by atoms with Crippen LogP contribution < -0.4 is 15.2 Å². The number of rotatable bonds is 3. The van der Waals surface area contributed by atoms with E-state index in [9.17, 15) is 18.0 Å². The fraction of sp³-hybridized carbons (Fsp3) is 0.444. The second kappa shape index (κ2) is 6.88. The van der Waals surface area contributed by atoms with Crippen molar-refractivity contribution in [3.05, 3.63) is 51.4 Å². The summed E-state index contributed by atoms with van der Waals surface area (Å²) >= 11 is 0. The SMILES string of the molecule is O=c1[nH]ncc(N2Cc3cccc(OC4CCCOC4)c3C2)c1C(F)(F)F. The molecule has 9 heteroatoms. The van der Waals surface area contributed by atoms with E-state index in [2.05, 4.69) is 5.10 Å². The molecule has 2 aliphatic rings. The summed E-state index contributed by atoms with van der Waals surface area (Å²) in [5.41, 5.74) is -0.997. The summed E-state index contributed by atoms with van der Waals surface area (Å²) in [6.07, 6.45) is -1.99. The molecule has 1 aromatic heterocycles. The maximum atomic E-state index is 13.4. The van der Waals surface area contributed by atoms with E-state index in [1.807, 2.05) is 23.3 Å². The zero-order chi connectivity index (χ0) is 19.0. The molecular formula is C18H18F3N3O3. The van der Waals surface area contributed by atoms with Crippen molar-refractivity contribution < 1.29 is 22.6 Å². The van der Waals surface area contributed by atoms with Crippen molar-refractivity contribution in [1.82, 2.24) is 10.2 Å². The normalized spacial score (nSPS) is 19.8. The average Bonchev–Trinajstić information content (AvgIpc) is 3.06. The topological polar surface area (TPSA) is 67.5 Å². The van der Waals surface area contributed by atoms with Crippen LogP contribution in [0.1, 0.15) is 29.5 Å². The Morgan fingerprint density at radius 3 is 2.89 bits per heavy atom. The molecule has 1 N–H and O–H groups in total. The van der Waals surface area contributed by atoms with Crippen LogP contribution in [0.25, 0.3) is 0 Å². The van der Waals surface area contributed by atoms with Gasteiger partial charge in [0.15, 0.2) is 0 Å². The van der Waals surface area contributed by atoms with Crippen LogP contribution in [0.4, 0.5) is 18.9 Å². The molecule has 1 fully saturated rings.